The van der Waals surface area contributed by atoms with Gasteiger partial charge in [0.05, 0.1) is 6.61 Å². The molecule has 2 aromatic rings. The largest absolute Gasteiger partial charge is 0.478 e. The number of ether oxygens (including phenoxy) is 2. The van der Waals surface area contributed by atoms with Crippen LogP contribution < -0.4 is 15.2 Å². The first-order chi connectivity index (χ1) is 8.28. The molecule has 0 aliphatic carbocycles. The van der Waals surface area contributed by atoms with Crippen molar-refractivity contribution >= 4 is 5.69 Å². The SMILES string of the molecule is CCOc1cccc(Oc2ccc(N)cc2)n1. The number of hydrogen-bond acceptors (Lipinski definition) is 4. The summed E-state index contributed by atoms with van der Waals surface area (Å²) in [5, 5.41) is 0. The summed E-state index contributed by atoms with van der Waals surface area (Å²) in [7, 11) is 0. The molecule has 88 valence electrons. The lowest BCUT2D eigenvalue weighted by molar-refractivity contribution is 0.321. The van der Waals surface area contributed by atoms with Gasteiger partial charge in [-0.2, -0.15) is 4.98 Å². The molecule has 4 heteroatoms. The maximum atomic E-state index is 5.59. The van der Waals surface area contributed by atoms with E-state index >= 15 is 0 Å². The zero-order valence-corrected chi connectivity index (χ0v) is 9.59. The normalized spacial score (nSPS) is 9.94. The van der Waals surface area contributed by atoms with Crippen molar-refractivity contribution < 1.29 is 9.47 Å². The van der Waals surface area contributed by atoms with Gasteiger partial charge in [-0.25, -0.2) is 0 Å². The summed E-state index contributed by atoms with van der Waals surface area (Å²) in [6.45, 7) is 2.49. The Morgan fingerprint density at radius 1 is 1.06 bits per heavy atom. The average Bonchev–Trinajstić information content (AvgIpc) is 2.33. The summed E-state index contributed by atoms with van der Waals surface area (Å²) >= 11 is 0. The Bertz CT molecular complexity index is 483. The highest BCUT2D eigenvalue weighted by Gasteiger charge is 2.00. The van der Waals surface area contributed by atoms with E-state index in [4.69, 9.17) is 15.2 Å². The van der Waals surface area contributed by atoms with Crippen LogP contribution in [0, 0.1) is 0 Å². The van der Waals surface area contributed by atoms with Gasteiger partial charge in [-0.15, -0.1) is 0 Å². The Balaban J connectivity index is 2.12. The van der Waals surface area contributed by atoms with Crippen LogP contribution in [-0.4, -0.2) is 11.6 Å². The van der Waals surface area contributed by atoms with Crippen molar-refractivity contribution in [1.82, 2.24) is 4.98 Å². The molecule has 1 aromatic carbocycles. The Labute approximate surface area is 100 Å². The van der Waals surface area contributed by atoms with E-state index in [1.807, 2.05) is 13.0 Å². The Morgan fingerprint density at radius 3 is 2.47 bits per heavy atom. The predicted octanol–water partition coefficient (Wildman–Crippen LogP) is 2.85. The highest BCUT2D eigenvalue weighted by molar-refractivity contribution is 5.42. The number of nitrogens with two attached hydrogens (primary N) is 1. The van der Waals surface area contributed by atoms with Crippen molar-refractivity contribution in [2.75, 3.05) is 12.3 Å². The van der Waals surface area contributed by atoms with Crippen LogP contribution in [0.4, 0.5) is 5.69 Å². The molecular weight excluding hydrogens is 216 g/mol. The molecule has 17 heavy (non-hydrogen) atoms. The Morgan fingerprint density at radius 2 is 1.76 bits per heavy atom. The van der Waals surface area contributed by atoms with Crippen molar-refractivity contribution in [2.24, 2.45) is 0 Å². The number of benzene rings is 1. The summed E-state index contributed by atoms with van der Waals surface area (Å²) in [6, 6.07) is 12.6. The number of aromatic nitrogens is 1. The average molecular weight is 230 g/mol. The van der Waals surface area contributed by atoms with Gasteiger partial charge in [0.15, 0.2) is 0 Å². The summed E-state index contributed by atoms with van der Waals surface area (Å²) < 4.78 is 10.9. The minimum absolute atomic E-state index is 0.501. The van der Waals surface area contributed by atoms with E-state index in [-0.39, 0.29) is 0 Å². The van der Waals surface area contributed by atoms with Crippen molar-refractivity contribution in [3.8, 4) is 17.5 Å². The topological polar surface area (TPSA) is 57.4 Å². The minimum Gasteiger partial charge on any atom is -0.478 e. The fourth-order valence-corrected chi connectivity index (χ4v) is 1.34. The van der Waals surface area contributed by atoms with E-state index in [2.05, 4.69) is 4.98 Å². The summed E-state index contributed by atoms with van der Waals surface area (Å²) in [5.41, 5.74) is 6.29. The van der Waals surface area contributed by atoms with Crippen LogP contribution in [0.2, 0.25) is 0 Å². The fraction of sp³-hybridized carbons (Fsp3) is 0.154. The molecule has 1 aromatic heterocycles. The van der Waals surface area contributed by atoms with E-state index in [0.29, 0.717) is 29.8 Å². The lowest BCUT2D eigenvalue weighted by Crippen LogP contribution is -1.95. The van der Waals surface area contributed by atoms with Gasteiger partial charge in [0.25, 0.3) is 0 Å². The molecule has 0 aliphatic heterocycles. The molecule has 0 saturated carbocycles. The highest BCUT2D eigenvalue weighted by atomic mass is 16.5. The molecule has 0 bridgehead atoms. The van der Waals surface area contributed by atoms with Gasteiger partial charge < -0.3 is 15.2 Å². The van der Waals surface area contributed by atoms with Crippen LogP contribution in [-0.2, 0) is 0 Å². The van der Waals surface area contributed by atoms with Gasteiger partial charge in [-0.3, -0.25) is 0 Å². The number of nitrogens with zero attached hydrogens (tertiary/aromatic N) is 1. The summed E-state index contributed by atoms with van der Waals surface area (Å²) in [6.07, 6.45) is 0. The molecule has 0 radical (unpaired) electrons. The molecule has 2 N–H and O–H groups in total. The first-order valence-electron chi connectivity index (χ1n) is 5.41. The van der Waals surface area contributed by atoms with E-state index in [0.717, 1.165) is 0 Å². The number of rotatable bonds is 4. The van der Waals surface area contributed by atoms with Crippen LogP contribution in [0.25, 0.3) is 0 Å². The second-order valence-electron chi connectivity index (χ2n) is 3.42. The highest BCUT2D eigenvalue weighted by Crippen LogP contribution is 2.22. The molecule has 0 saturated heterocycles. The number of anilines is 1. The predicted molar refractivity (Wildman–Crippen MR) is 66.3 cm³/mol. The zero-order chi connectivity index (χ0) is 12.1. The lowest BCUT2D eigenvalue weighted by atomic mass is 10.3. The fourth-order valence-electron chi connectivity index (χ4n) is 1.34. The standard InChI is InChI=1S/C13H14N2O2/c1-2-16-12-4-3-5-13(15-12)17-11-8-6-10(14)7-9-11/h3-9H,2,14H2,1H3. The second kappa shape index (κ2) is 5.21. The smallest absolute Gasteiger partial charge is 0.222 e. The third-order valence-corrected chi connectivity index (χ3v) is 2.09. The van der Waals surface area contributed by atoms with Gasteiger partial charge in [0.2, 0.25) is 11.8 Å². The van der Waals surface area contributed by atoms with Gasteiger partial charge in [-0.05, 0) is 31.2 Å². The molecule has 0 fully saturated rings. The lowest BCUT2D eigenvalue weighted by Gasteiger charge is -2.06. The Hall–Kier alpha value is -2.23. The van der Waals surface area contributed by atoms with Crippen molar-refractivity contribution in [2.45, 2.75) is 6.92 Å². The number of hydrogen-bond donors (Lipinski definition) is 1. The van der Waals surface area contributed by atoms with E-state index in [1.165, 1.54) is 0 Å². The van der Waals surface area contributed by atoms with Crippen LogP contribution in [0.5, 0.6) is 17.5 Å². The molecule has 0 spiro atoms. The van der Waals surface area contributed by atoms with Crippen LogP contribution in [0.1, 0.15) is 6.92 Å². The van der Waals surface area contributed by atoms with Crippen molar-refractivity contribution in [3.05, 3.63) is 42.5 Å². The van der Waals surface area contributed by atoms with E-state index < -0.39 is 0 Å². The third kappa shape index (κ3) is 3.11. The summed E-state index contributed by atoms with van der Waals surface area (Å²) in [4.78, 5) is 4.20. The van der Waals surface area contributed by atoms with Crippen molar-refractivity contribution in [3.63, 3.8) is 0 Å². The molecule has 0 atom stereocenters. The maximum absolute atomic E-state index is 5.59. The number of pyridine rings is 1. The first kappa shape index (κ1) is 11.3. The van der Waals surface area contributed by atoms with Crippen LogP contribution in [0.15, 0.2) is 42.5 Å². The third-order valence-electron chi connectivity index (χ3n) is 2.09. The quantitative estimate of drug-likeness (QED) is 0.820. The molecular formula is C13H14N2O2. The van der Waals surface area contributed by atoms with Crippen molar-refractivity contribution in [1.29, 1.82) is 0 Å². The molecule has 0 unspecified atom stereocenters. The van der Waals surface area contributed by atoms with Gasteiger partial charge >= 0.3 is 0 Å². The molecule has 1 heterocycles. The van der Waals surface area contributed by atoms with Gasteiger partial charge in [0, 0.05) is 17.8 Å². The number of nitrogen functional groups attached to an aromatic ring is 1. The molecule has 2 rings (SSSR count). The second-order valence-corrected chi connectivity index (χ2v) is 3.42. The van der Waals surface area contributed by atoms with E-state index in [9.17, 15) is 0 Å². The molecule has 0 aliphatic rings. The van der Waals surface area contributed by atoms with Crippen LogP contribution in [0.3, 0.4) is 0 Å². The van der Waals surface area contributed by atoms with E-state index in [1.54, 1.807) is 36.4 Å². The zero-order valence-electron chi connectivity index (χ0n) is 9.59. The molecule has 4 nitrogen and oxygen atoms in total. The Kier molecular flexibility index (Phi) is 3.45. The molecule has 0 amide bonds. The van der Waals surface area contributed by atoms with Gasteiger partial charge in [0.1, 0.15) is 5.75 Å². The summed E-state index contributed by atoms with van der Waals surface area (Å²) in [5.74, 6) is 1.75. The maximum Gasteiger partial charge on any atom is 0.222 e. The first-order valence-corrected chi connectivity index (χ1v) is 5.41. The minimum atomic E-state index is 0.501. The van der Waals surface area contributed by atoms with Gasteiger partial charge in [-0.1, -0.05) is 6.07 Å². The monoisotopic (exact) mass is 230 g/mol. The van der Waals surface area contributed by atoms with Crippen LogP contribution >= 0.6 is 0 Å².